The van der Waals surface area contributed by atoms with E-state index in [0.717, 1.165) is 0 Å². The van der Waals surface area contributed by atoms with Gasteiger partial charge in [0.25, 0.3) is 0 Å². The highest BCUT2D eigenvalue weighted by atomic mass is 16.6. The van der Waals surface area contributed by atoms with Crippen LogP contribution < -0.4 is 16.4 Å². The number of anilines is 1. The molecule has 0 spiro atoms. The number of rotatable bonds is 6. The molecule has 1 aromatic heterocycles. The molecule has 132 valence electrons. The van der Waals surface area contributed by atoms with Crippen molar-refractivity contribution >= 4 is 23.7 Å². The standard InChI is InChI=1S/C15H22N4O5/c1-15(2,3)24-14(23)18-9(6-7-11(16)21)13(22)19-12-10(20)5-4-8-17-12/h4-5,8-9,20H,6-7H2,1-3H3,(H2,16,21)(H,18,23)(H,17,19,22)/t9-/m0/s1. The van der Waals surface area contributed by atoms with E-state index in [-0.39, 0.29) is 24.4 Å². The van der Waals surface area contributed by atoms with Gasteiger partial charge in [0.1, 0.15) is 11.6 Å². The maximum atomic E-state index is 12.3. The van der Waals surface area contributed by atoms with Crippen LogP contribution in [0.3, 0.4) is 0 Å². The molecule has 9 heteroatoms. The van der Waals surface area contributed by atoms with Gasteiger partial charge in [-0.2, -0.15) is 0 Å². The molecule has 0 aliphatic carbocycles. The van der Waals surface area contributed by atoms with Crippen molar-refractivity contribution < 1.29 is 24.2 Å². The summed E-state index contributed by atoms with van der Waals surface area (Å²) in [7, 11) is 0. The maximum Gasteiger partial charge on any atom is 0.408 e. The average molecular weight is 338 g/mol. The fourth-order valence-corrected chi connectivity index (χ4v) is 1.70. The Labute approximate surface area is 139 Å². The number of alkyl carbamates (subject to hydrolysis) is 1. The first-order valence-electron chi connectivity index (χ1n) is 7.31. The van der Waals surface area contributed by atoms with Gasteiger partial charge in [0.15, 0.2) is 11.6 Å². The zero-order valence-corrected chi connectivity index (χ0v) is 13.8. The van der Waals surface area contributed by atoms with Gasteiger partial charge in [0, 0.05) is 12.6 Å². The molecule has 5 N–H and O–H groups in total. The van der Waals surface area contributed by atoms with Crippen LogP contribution in [-0.2, 0) is 14.3 Å². The third-order valence-electron chi connectivity index (χ3n) is 2.71. The Bertz CT molecular complexity index is 612. The first-order valence-corrected chi connectivity index (χ1v) is 7.31. The summed E-state index contributed by atoms with van der Waals surface area (Å²) in [5, 5.41) is 14.4. The summed E-state index contributed by atoms with van der Waals surface area (Å²) in [6.07, 6.45) is 0.447. The molecule has 9 nitrogen and oxygen atoms in total. The van der Waals surface area contributed by atoms with Gasteiger partial charge in [-0.05, 0) is 39.3 Å². The van der Waals surface area contributed by atoms with Gasteiger partial charge in [0.2, 0.25) is 11.8 Å². The first-order chi connectivity index (χ1) is 11.1. The molecule has 0 saturated heterocycles. The number of hydrogen-bond donors (Lipinski definition) is 4. The Balaban J connectivity index is 2.80. The number of carbonyl (C=O) groups excluding carboxylic acids is 3. The normalized spacial score (nSPS) is 12.1. The van der Waals surface area contributed by atoms with E-state index in [1.54, 1.807) is 20.8 Å². The van der Waals surface area contributed by atoms with Crippen molar-refractivity contribution in [3.05, 3.63) is 18.3 Å². The number of aromatic nitrogens is 1. The van der Waals surface area contributed by atoms with E-state index in [4.69, 9.17) is 10.5 Å². The molecule has 0 aliphatic heterocycles. The summed E-state index contributed by atoms with van der Waals surface area (Å²) in [6, 6.07) is 1.77. The van der Waals surface area contributed by atoms with E-state index < -0.39 is 29.6 Å². The van der Waals surface area contributed by atoms with Gasteiger partial charge in [0.05, 0.1) is 0 Å². The van der Waals surface area contributed by atoms with Crippen molar-refractivity contribution in [3.8, 4) is 5.75 Å². The molecule has 0 unspecified atom stereocenters. The zero-order valence-electron chi connectivity index (χ0n) is 13.8. The van der Waals surface area contributed by atoms with Crippen LogP contribution in [0.2, 0.25) is 0 Å². The van der Waals surface area contributed by atoms with Gasteiger partial charge < -0.3 is 26.2 Å². The van der Waals surface area contributed by atoms with Crippen LogP contribution in [0.5, 0.6) is 5.75 Å². The van der Waals surface area contributed by atoms with Crippen molar-refractivity contribution in [1.82, 2.24) is 10.3 Å². The van der Waals surface area contributed by atoms with E-state index in [9.17, 15) is 19.5 Å². The minimum Gasteiger partial charge on any atom is -0.504 e. The smallest absolute Gasteiger partial charge is 0.408 e. The van der Waals surface area contributed by atoms with Crippen LogP contribution in [0, 0.1) is 0 Å². The Hall–Kier alpha value is -2.84. The monoisotopic (exact) mass is 338 g/mol. The number of pyridine rings is 1. The van der Waals surface area contributed by atoms with Gasteiger partial charge in [-0.25, -0.2) is 9.78 Å². The minimum atomic E-state index is -1.08. The van der Waals surface area contributed by atoms with E-state index in [0.29, 0.717) is 0 Å². The third kappa shape index (κ3) is 6.95. The lowest BCUT2D eigenvalue weighted by Crippen LogP contribution is -2.46. The van der Waals surface area contributed by atoms with Crippen molar-refractivity contribution in [2.24, 2.45) is 5.73 Å². The first kappa shape index (κ1) is 19.2. The van der Waals surface area contributed by atoms with Crippen molar-refractivity contribution in [2.45, 2.75) is 45.3 Å². The lowest BCUT2D eigenvalue weighted by Gasteiger charge is -2.23. The molecular weight excluding hydrogens is 316 g/mol. The Morgan fingerprint density at radius 1 is 1.38 bits per heavy atom. The average Bonchev–Trinajstić information content (AvgIpc) is 2.43. The quantitative estimate of drug-likeness (QED) is 0.606. The van der Waals surface area contributed by atoms with Crippen LogP contribution >= 0.6 is 0 Å². The predicted molar refractivity (Wildman–Crippen MR) is 86.1 cm³/mol. The highest BCUT2D eigenvalue weighted by molar-refractivity contribution is 5.97. The number of nitrogens with one attached hydrogen (secondary N) is 2. The number of primary amides is 1. The SMILES string of the molecule is CC(C)(C)OC(=O)N[C@@H](CCC(N)=O)C(=O)Nc1ncccc1O. The molecule has 0 fully saturated rings. The summed E-state index contributed by atoms with van der Waals surface area (Å²) >= 11 is 0. The summed E-state index contributed by atoms with van der Waals surface area (Å²) < 4.78 is 5.09. The second kappa shape index (κ2) is 8.14. The topological polar surface area (TPSA) is 144 Å². The van der Waals surface area contributed by atoms with E-state index in [2.05, 4.69) is 15.6 Å². The van der Waals surface area contributed by atoms with Crippen molar-refractivity contribution in [1.29, 1.82) is 0 Å². The van der Waals surface area contributed by atoms with E-state index >= 15 is 0 Å². The van der Waals surface area contributed by atoms with Crippen LogP contribution in [-0.4, -0.2) is 39.6 Å². The lowest BCUT2D eigenvalue weighted by molar-refractivity contribution is -0.119. The predicted octanol–water partition coefficient (Wildman–Crippen LogP) is 0.885. The van der Waals surface area contributed by atoms with Crippen molar-refractivity contribution in [3.63, 3.8) is 0 Å². The number of aromatic hydroxyl groups is 1. The molecule has 0 radical (unpaired) electrons. The highest BCUT2D eigenvalue weighted by Gasteiger charge is 2.25. The summed E-state index contributed by atoms with van der Waals surface area (Å²) in [5.41, 5.74) is 4.34. The molecule has 0 saturated carbocycles. The summed E-state index contributed by atoms with van der Waals surface area (Å²) in [6.45, 7) is 5.03. The van der Waals surface area contributed by atoms with Crippen LogP contribution in [0.25, 0.3) is 0 Å². The number of nitrogens with two attached hydrogens (primary N) is 1. The van der Waals surface area contributed by atoms with E-state index in [1.165, 1.54) is 18.3 Å². The number of amides is 3. The second-order valence-corrected chi connectivity index (χ2v) is 6.06. The lowest BCUT2D eigenvalue weighted by atomic mass is 10.1. The largest absolute Gasteiger partial charge is 0.504 e. The van der Waals surface area contributed by atoms with Gasteiger partial charge in [-0.1, -0.05) is 0 Å². The molecule has 1 rings (SSSR count). The number of hydrogen-bond acceptors (Lipinski definition) is 6. The third-order valence-corrected chi connectivity index (χ3v) is 2.71. The molecule has 0 aromatic carbocycles. The molecular formula is C15H22N4O5. The van der Waals surface area contributed by atoms with Gasteiger partial charge in [-0.15, -0.1) is 0 Å². The molecule has 1 heterocycles. The second-order valence-electron chi connectivity index (χ2n) is 6.06. The van der Waals surface area contributed by atoms with Crippen molar-refractivity contribution in [2.75, 3.05) is 5.32 Å². The Morgan fingerprint density at radius 2 is 2.04 bits per heavy atom. The number of ether oxygens (including phenoxy) is 1. The fourth-order valence-electron chi connectivity index (χ4n) is 1.70. The Kier molecular flexibility index (Phi) is 6.51. The van der Waals surface area contributed by atoms with Gasteiger partial charge >= 0.3 is 6.09 Å². The summed E-state index contributed by atoms with van der Waals surface area (Å²) in [5.74, 6) is -1.55. The number of carbonyl (C=O) groups is 3. The highest BCUT2D eigenvalue weighted by Crippen LogP contribution is 2.18. The molecule has 0 bridgehead atoms. The number of nitrogens with zero attached hydrogens (tertiary/aromatic N) is 1. The van der Waals surface area contributed by atoms with Gasteiger partial charge in [-0.3, -0.25) is 9.59 Å². The zero-order chi connectivity index (χ0) is 18.3. The Morgan fingerprint density at radius 3 is 2.58 bits per heavy atom. The molecule has 3 amide bonds. The molecule has 1 aromatic rings. The molecule has 0 aliphatic rings. The fraction of sp³-hybridized carbons (Fsp3) is 0.467. The van der Waals surface area contributed by atoms with Crippen LogP contribution in [0.1, 0.15) is 33.6 Å². The maximum absolute atomic E-state index is 12.3. The van der Waals surface area contributed by atoms with Crippen LogP contribution in [0.15, 0.2) is 18.3 Å². The molecule has 1 atom stereocenters. The summed E-state index contributed by atoms with van der Waals surface area (Å²) in [4.78, 5) is 38.9. The minimum absolute atomic E-state index is 0.0198. The molecule has 24 heavy (non-hydrogen) atoms. The van der Waals surface area contributed by atoms with E-state index in [1.807, 2.05) is 0 Å². The van der Waals surface area contributed by atoms with Crippen LogP contribution in [0.4, 0.5) is 10.6 Å².